The third-order valence-electron chi connectivity index (χ3n) is 5.64. The average molecular weight is 520 g/mol. The van der Waals surface area contributed by atoms with Gasteiger partial charge in [0.15, 0.2) is 0 Å². The Morgan fingerprint density at radius 3 is 2.39 bits per heavy atom. The maximum Gasteiger partial charge on any atom is 0.265 e. The smallest absolute Gasteiger partial charge is 0.265 e. The number of sulfonamides is 1. The third-order valence-corrected chi connectivity index (χ3v) is 7.20. The molecule has 0 aliphatic heterocycles. The van der Waals surface area contributed by atoms with E-state index >= 15 is 0 Å². The Morgan fingerprint density at radius 1 is 0.889 bits per heavy atom. The fourth-order valence-electron chi connectivity index (χ4n) is 3.90. The van der Waals surface area contributed by atoms with Crippen LogP contribution >= 0.6 is 11.6 Å². The van der Waals surface area contributed by atoms with Crippen LogP contribution in [0.2, 0.25) is 5.02 Å². The molecule has 0 aromatic heterocycles. The average Bonchev–Trinajstić information content (AvgIpc) is 2.88. The van der Waals surface area contributed by atoms with E-state index in [0.29, 0.717) is 18.6 Å². The summed E-state index contributed by atoms with van der Waals surface area (Å²) < 4.78 is 33.8. The maximum absolute atomic E-state index is 13.0. The highest BCUT2D eigenvalue weighted by Gasteiger charge is 2.21. The van der Waals surface area contributed by atoms with Crippen LogP contribution in [0.5, 0.6) is 5.75 Å². The van der Waals surface area contributed by atoms with Crippen LogP contribution in [0.4, 0.5) is 0 Å². The minimum absolute atomic E-state index is 0.0681. The normalized spacial score (nSPS) is 11.2. The van der Waals surface area contributed by atoms with Crippen molar-refractivity contribution in [2.45, 2.75) is 31.3 Å². The van der Waals surface area contributed by atoms with Crippen LogP contribution in [0, 0.1) is 0 Å². The van der Waals surface area contributed by atoms with Crippen molar-refractivity contribution in [1.29, 1.82) is 0 Å². The van der Waals surface area contributed by atoms with Crippen LogP contribution in [0.15, 0.2) is 102 Å². The molecule has 184 valence electrons. The Morgan fingerprint density at radius 2 is 1.64 bits per heavy atom. The molecule has 4 aromatic carbocycles. The second-order valence-corrected chi connectivity index (χ2v) is 10.4. The Bertz CT molecular complexity index is 1470. The van der Waals surface area contributed by atoms with Crippen LogP contribution in [0.25, 0.3) is 11.1 Å². The molecular formula is C29H26ClNO4S. The molecule has 1 amide bonds. The molecule has 0 fully saturated rings. The quantitative estimate of drug-likeness (QED) is 0.268. The molecule has 0 spiro atoms. The molecule has 0 bridgehead atoms. The van der Waals surface area contributed by atoms with Gasteiger partial charge in [0.25, 0.3) is 15.9 Å². The topological polar surface area (TPSA) is 72.5 Å². The van der Waals surface area contributed by atoms with E-state index in [4.69, 9.17) is 16.3 Å². The summed E-state index contributed by atoms with van der Waals surface area (Å²) in [5.41, 5.74) is 3.91. The number of amides is 1. The molecule has 4 rings (SSSR count). The number of hydrogen-bond donors (Lipinski definition) is 1. The van der Waals surface area contributed by atoms with Crippen molar-refractivity contribution in [2.75, 3.05) is 0 Å². The molecular weight excluding hydrogens is 494 g/mol. The number of aryl methyl sites for hydroxylation is 1. The standard InChI is InChI=1S/C29H26ClNO4S/c1-2-9-22-18-23(26-14-6-7-15-28(26)35-20-21-10-4-3-5-11-21)16-17-27(22)29(32)31-36(33,34)25-13-8-12-24(30)19-25/h3-8,10-19H,2,9,20H2,1H3,(H,31,32). The van der Waals surface area contributed by atoms with Crippen LogP contribution < -0.4 is 9.46 Å². The lowest BCUT2D eigenvalue weighted by atomic mass is 9.96. The van der Waals surface area contributed by atoms with Crippen molar-refractivity contribution in [3.63, 3.8) is 0 Å². The number of halogens is 1. The van der Waals surface area contributed by atoms with Gasteiger partial charge in [0.1, 0.15) is 12.4 Å². The third kappa shape index (κ3) is 6.14. The van der Waals surface area contributed by atoms with Gasteiger partial charge < -0.3 is 4.74 Å². The van der Waals surface area contributed by atoms with Crippen LogP contribution in [0.1, 0.15) is 34.8 Å². The highest BCUT2D eigenvalue weighted by atomic mass is 35.5. The molecule has 36 heavy (non-hydrogen) atoms. The molecule has 0 aliphatic rings. The molecule has 7 heteroatoms. The highest BCUT2D eigenvalue weighted by molar-refractivity contribution is 7.90. The van der Waals surface area contributed by atoms with E-state index in [1.54, 1.807) is 12.1 Å². The lowest BCUT2D eigenvalue weighted by Crippen LogP contribution is -2.31. The fourth-order valence-corrected chi connectivity index (χ4v) is 5.16. The van der Waals surface area contributed by atoms with Crippen molar-refractivity contribution in [3.8, 4) is 16.9 Å². The lowest BCUT2D eigenvalue weighted by molar-refractivity contribution is 0.0980. The number of carbonyl (C=O) groups is 1. The lowest BCUT2D eigenvalue weighted by Gasteiger charge is -2.15. The number of hydrogen-bond acceptors (Lipinski definition) is 4. The molecule has 0 saturated heterocycles. The fraction of sp³-hybridized carbons (Fsp3) is 0.138. The summed E-state index contributed by atoms with van der Waals surface area (Å²) in [5.74, 6) is 0.0446. The predicted octanol–water partition coefficient (Wildman–Crippen LogP) is 6.66. The van der Waals surface area contributed by atoms with Gasteiger partial charge in [0.05, 0.1) is 4.90 Å². The summed E-state index contributed by atoms with van der Waals surface area (Å²) in [7, 11) is -4.07. The number of benzene rings is 4. The van der Waals surface area contributed by atoms with Crippen LogP contribution in [0.3, 0.4) is 0 Å². The van der Waals surface area contributed by atoms with Gasteiger partial charge in [-0.2, -0.15) is 0 Å². The second-order valence-electron chi connectivity index (χ2n) is 8.28. The molecule has 0 saturated carbocycles. The zero-order valence-corrected chi connectivity index (χ0v) is 21.4. The van der Waals surface area contributed by atoms with Gasteiger partial charge in [-0.1, -0.05) is 91.7 Å². The van der Waals surface area contributed by atoms with E-state index in [-0.39, 0.29) is 9.92 Å². The first kappa shape index (κ1) is 25.5. The van der Waals surface area contributed by atoms with Gasteiger partial charge in [-0.05, 0) is 53.4 Å². The largest absolute Gasteiger partial charge is 0.488 e. The molecule has 5 nitrogen and oxygen atoms in total. The van der Waals surface area contributed by atoms with Crippen molar-refractivity contribution >= 4 is 27.5 Å². The first-order valence-corrected chi connectivity index (χ1v) is 13.5. The Kier molecular flexibility index (Phi) is 8.08. The van der Waals surface area contributed by atoms with Crippen molar-refractivity contribution in [2.24, 2.45) is 0 Å². The summed E-state index contributed by atoms with van der Waals surface area (Å²) in [6.07, 6.45) is 1.40. The molecule has 0 heterocycles. The van der Waals surface area contributed by atoms with Crippen molar-refractivity contribution < 1.29 is 17.9 Å². The van der Waals surface area contributed by atoms with Gasteiger partial charge >= 0.3 is 0 Å². The SMILES string of the molecule is CCCc1cc(-c2ccccc2OCc2ccccc2)ccc1C(=O)NS(=O)(=O)c1cccc(Cl)c1. The first-order valence-electron chi connectivity index (χ1n) is 11.6. The number of nitrogens with one attached hydrogen (secondary N) is 1. The Labute approximate surface area is 216 Å². The summed E-state index contributed by atoms with van der Waals surface area (Å²) in [5, 5.41) is 0.273. The summed E-state index contributed by atoms with van der Waals surface area (Å²) >= 11 is 5.93. The predicted molar refractivity (Wildman–Crippen MR) is 143 cm³/mol. The Hall–Kier alpha value is -3.61. The van der Waals surface area contributed by atoms with E-state index in [0.717, 1.165) is 34.4 Å². The first-order chi connectivity index (χ1) is 17.4. The van der Waals surface area contributed by atoms with Gasteiger partial charge in [-0.3, -0.25) is 4.79 Å². The zero-order chi connectivity index (χ0) is 25.5. The molecule has 0 aliphatic carbocycles. The van der Waals surface area contributed by atoms with Crippen molar-refractivity contribution in [1.82, 2.24) is 4.72 Å². The minimum atomic E-state index is -4.07. The molecule has 1 N–H and O–H groups in total. The molecule has 0 radical (unpaired) electrons. The van der Waals surface area contributed by atoms with E-state index in [1.807, 2.05) is 73.7 Å². The number of rotatable bonds is 9. The monoisotopic (exact) mass is 519 g/mol. The summed E-state index contributed by atoms with van der Waals surface area (Å²) in [4.78, 5) is 13.0. The van der Waals surface area contributed by atoms with Crippen molar-refractivity contribution in [3.05, 3.63) is 119 Å². The summed E-state index contributed by atoms with van der Waals surface area (Å²) in [6.45, 7) is 2.44. The van der Waals surface area contributed by atoms with E-state index in [9.17, 15) is 13.2 Å². The number of carbonyl (C=O) groups excluding carboxylic acids is 1. The van der Waals surface area contributed by atoms with E-state index < -0.39 is 15.9 Å². The van der Waals surface area contributed by atoms with Crippen LogP contribution in [-0.4, -0.2) is 14.3 Å². The highest BCUT2D eigenvalue weighted by Crippen LogP contribution is 2.32. The van der Waals surface area contributed by atoms with Gasteiger partial charge in [0.2, 0.25) is 0 Å². The van der Waals surface area contributed by atoms with Crippen LogP contribution in [-0.2, 0) is 23.1 Å². The summed E-state index contributed by atoms with van der Waals surface area (Å²) in [6, 6.07) is 28.8. The number of para-hydroxylation sites is 1. The van der Waals surface area contributed by atoms with E-state index in [1.165, 1.54) is 18.2 Å². The molecule has 4 aromatic rings. The minimum Gasteiger partial charge on any atom is -0.488 e. The van der Waals surface area contributed by atoms with E-state index in [2.05, 4.69) is 4.72 Å². The van der Waals surface area contributed by atoms with Gasteiger partial charge in [-0.15, -0.1) is 0 Å². The van der Waals surface area contributed by atoms with Gasteiger partial charge in [-0.25, -0.2) is 13.1 Å². The maximum atomic E-state index is 13.0. The molecule has 0 unspecified atom stereocenters. The number of ether oxygens (including phenoxy) is 1. The van der Waals surface area contributed by atoms with Gasteiger partial charge in [0, 0.05) is 16.1 Å². The molecule has 0 atom stereocenters. The second kappa shape index (κ2) is 11.4. The zero-order valence-electron chi connectivity index (χ0n) is 19.8. The Balaban J connectivity index is 1.61.